The molecule has 0 atom stereocenters. The number of carbonyl (C=O) groups is 1. The van der Waals surface area contributed by atoms with Crippen molar-refractivity contribution in [3.8, 4) is 11.4 Å². The molecule has 1 heterocycles. The summed E-state index contributed by atoms with van der Waals surface area (Å²) < 4.78 is 9.77. The van der Waals surface area contributed by atoms with Crippen LogP contribution in [0.2, 0.25) is 0 Å². The topological polar surface area (TPSA) is 77.2 Å². The molecule has 19 heavy (non-hydrogen) atoms. The van der Waals surface area contributed by atoms with Gasteiger partial charge in [0.05, 0.1) is 6.61 Å². The van der Waals surface area contributed by atoms with Gasteiger partial charge in [0, 0.05) is 19.2 Å². The van der Waals surface area contributed by atoms with Crippen LogP contribution in [-0.2, 0) is 4.74 Å². The van der Waals surface area contributed by atoms with Crippen molar-refractivity contribution < 1.29 is 14.1 Å². The van der Waals surface area contributed by atoms with Crippen molar-refractivity contribution in [1.29, 1.82) is 0 Å². The molecule has 6 nitrogen and oxygen atoms in total. The molecule has 0 aliphatic heterocycles. The molecule has 0 fully saturated rings. The third kappa shape index (κ3) is 3.38. The van der Waals surface area contributed by atoms with Gasteiger partial charge >= 0.3 is 11.8 Å². The summed E-state index contributed by atoms with van der Waals surface area (Å²) in [6, 6.07) is 7.67. The van der Waals surface area contributed by atoms with Crippen LogP contribution in [0.3, 0.4) is 0 Å². The van der Waals surface area contributed by atoms with Gasteiger partial charge in [0.1, 0.15) is 0 Å². The van der Waals surface area contributed by atoms with E-state index in [4.69, 9.17) is 9.26 Å². The zero-order valence-corrected chi connectivity index (χ0v) is 10.8. The summed E-state index contributed by atoms with van der Waals surface area (Å²) in [4.78, 5) is 15.7. The highest BCUT2D eigenvalue weighted by Crippen LogP contribution is 2.16. The van der Waals surface area contributed by atoms with Gasteiger partial charge < -0.3 is 14.6 Å². The summed E-state index contributed by atoms with van der Waals surface area (Å²) in [5.74, 6) is -0.0448. The Balaban J connectivity index is 2.08. The third-order valence-electron chi connectivity index (χ3n) is 2.49. The minimum absolute atomic E-state index is 0.0485. The van der Waals surface area contributed by atoms with Crippen LogP contribution in [-0.4, -0.2) is 36.3 Å². The lowest BCUT2D eigenvalue weighted by Gasteiger charge is -1.99. The highest BCUT2D eigenvalue weighted by Gasteiger charge is 2.15. The monoisotopic (exact) mass is 261 g/mol. The number of carbonyl (C=O) groups excluding carboxylic acids is 1. The van der Waals surface area contributed by atoms with Crippen LogP contribution >= 0.6 is 0 Å². The summed E-state index contributed by atoms with van der Waals surface area (Å²) in [7, 11) is 1.56. The average Bonchev–Trinajstić information content (AvgIpc) is 2.88. The van der Waals surface area contributed by atoms with Crippen LogP contribution in [0.25, 0.3) is 11.4 Å². The number of benzene rings is 1. The van der Waals surface area contributed by atoms with Gasteiger partial charge in [-0.25, -0.2) is 0 Å². The van der Waals surface area contributed by atoms with Crippen molar-refractivity contribution in [2.24, 2.45) is 0 Å². The van der Waals surface area contributed by atoms with E-state index in [9.17, 15) is 4.79 Å². The lowest BCUT2D eigenvalue weighted by atomic mass is 10.1. The molecule has 0 unspecified atom stereocenters. The number of amides is 1. The fraction of sp³-hybridized carbons (Fsp3) is 0.308. The predicted octanol–water partition coefficient (Wildman–Crippen LogP) is 1.42. The Kier molecular flexibility index (Phi) is 4.25. The molecule has 2 aromatic rings. The van der Waals surface area contributed by atoms with E-state index in [1.807, 2.05) is 31.2 Å². The van der Waals surface area contributed by atoms with Gasteiger partial charge in [-0.05, 0) is 13.0 Å². The largest absolute Gasteiger partial charge is 0.383 e. The predicted molar refractivity (Wildman–Crippen MR) is 68.7 cm³/mol. The first-order valence-electron chi connectivity index (χ1n) is 5.88. The Morgan fingerprint density at radius 2 is 2.32 bits per heavy atom. The van der Waals surface area contributed by atoms with Gasteiger partial charge in [0.2, 0.25) is 5.82 Å². The van der Waals surface area contributed by atoms with Crippen LogP contribution in [0, 0.1) is 6.92 Å². The number of aromatic nitrogens is 2. The van der Waals surface area contributed by atoms with Gasteiger partial charge in [0.25, 0.3) is 0 Å². The zero-order chi connectivity index (χ0) is 13.7. The first kappa shape index (κ1) is 13.2. The molecule has 1 aromatic heterocycles. The van der Waals surface area contributed by atoms with E-state index in [-0.39, 0.29) is 5.89 Å². The van der Waals surface area contributed by atoms with Crippen molar-refractivity contribution >= 4 is 5.91 Å². The Hall–Kier alpha value is -2.21. The average molecular weight is 261 g/mol. The molecule has 0 bridgehead atoms. The van der Waals surface area contributed by atoms with Crippen molar-refractivity contribution in [1.82, 2.24) is 15.5 Å². The van der Waals surface area contributed by atoms with E-state index in [1.165, 1.54) is 0 Å². The molecule has 0 saturated heterocycles. The Bertz CT molecular complexity index is 566. The summed E-state index contributed by atoms with van der Waals surface area (Å²) in [5, 5.41) is 6.41. The number of hydrogen-bond donors (Lipinski definition) is 1. The lowest BCUT2D eigenvalue weighted by Crippen LogP contribution is -2.27. The molecule has 1 amide bonds. The summed E-state index contributed by atoms with van der Waals surface area (Å²) in [5.41, 5.74) is 1.91. The summed E-state index contributed by atoms with van der Waals surface area (Å²) in [6.07, 6.45) is 0. The Morgan fingerprint density at radius 1 is 1.47 bits per heavy atom. The maximum Gasteiger partial charge on any atom is 0.316 e. The van der Waals surface area contributed by atoms with Gasteiger partial charge in [-0.3, -0.25) is 4.79 Å². The number of methoxy groups -OCH3 is 1. The maximum atomic E-state index is 11.7. The third-order valence-corrected chi connectivity index (χ3v) is 2.49. The van der Waals surface area contributed by atoms with E-state index in [0.29, 0.717) is 19.0 Å². The Morgan fingerprint density at radius 3 is 3.05 bits per heavy atom. The minimum Gasteiger partial charge on any atom is -0.383 e. The van der Waals surface area contributed by atoms with E-state index >= 15 is 0 Å². The summed E-state index contributed by atoms with van der Waals surface area (Å²) >= 11 is 0. The van der Waals surface area contributed by atoms with Gasteiger partial charge in [0.15, 0.2) is 0 Å². The van der Waals surface area contributed by atoms with E-state index in [1.54, 1.807) is 7.11 Å². The molecular formula is C13H15N3O3. The van der Waals surface area contributed by atoms with Gasteiger partial charge in [-0.1, -0.05) is 28.9 Å². The number of nitrogens with one attached hydrogen (secondary N) is 1. The number of hydrogen-bond acceptors (Lipinski definition) is 5. The van der Waals surface area contributed by atoms with E-state index in [2.05, 4.69) is 15.5 Å². The molecule has 0 aliphatic carbocycles. The number of aryl methyl sites for hydroxylation is 1. The lowest BCUT2D eigenvalue weighted by molar-refractivity contribution is 0.0893. The molecule has 0 aliphatic rings. The highest BCUT2D eigenvalue weighted by molar-refractivity contribution is 5.89. The van der Waals surface area contributed by atoms with Crippen LogP contribution in [0.4, 0.5) is 0 Å². The van der Waals surface area contributed by atoms with E-state index in [0.717, 1.165) is 11.1 Å². The Labute approximate surface area is 110 Å². The second kappa shape index (κ2) is 6.10. The number of ether oxygens (including phenoxy) is 1. The standard InChI is InChI=1S/C13H15N3O3/c1-9-4-3-5-10(8-9)11-15-13(19-16-11)12(17)14-6-7-18-2/h3-5,8H,6-7H2,1-2H3,(H,14,17). The van der Waals surface area contributed by atoms with Crippen LogP contribution in [0.5, 0.6) is 0 Å². The molecule has 6 heteroatoms. The minimum atomic E-state index is -0.400. The molecule has 0 radical (unpaired) electrons. The quantitative estimate of drug-likeness (QED) is 0.824. The highest BCUT2D eigenvalue weighted by atomic mass is 16.5. The molecule has 1 N–H and O–H groups in total. The normalized spacial score (nSPS) is 10.4. The van der Waals surface area contributed by atoms with Crippen molar-refractivity contribution in [2.75, 3.05) is 20.3 Å². The second-order valence-corrected chi connectivity index (χ2v) is 4.04. The molecule has 0 spiro atoms. The molecule has 100 valence electrons. The number of nitrogens with zero attached hydrogens (tertiary/aromatic N) is 2. The van der Waals surface area contributed by atoms with Crippen LogP contribution in [0.1, 0.15) is 16.2 Å². The van der Waals surface area contributed by atoms with Crippen molar-refractivity contribution in [3.63, 3.8) is 0 Å². The van der Waals surface area contributed by atoms with Crippen LogP contribution < -0.4 is 5.32 Å². The zero-order valence-electron chi connectivity index (χ0n) is 10.8. The van der Waals surface area contributed by atoms with Crippen molar-refractivity contribution in [3.05, 3.63) is 35.7 Å². The van der Waals surface area contributed by atoms with E-state index < -0.39 is 5.91 Å². The SMILES string of the molecule is COCCNC(=O)c1nc(-c2cccc(C)c2)no1. The molecule has 1 aromatic carbocycles. The van der Waals surface area contributed by atoms with Gasteiger partial charge in [-0.2, -0.15) is 4.98 Å². The summed E-state index contributed by atoms with van der Waals surface area (Å²) in [6.45, 7) is 2.81. The molecule has 0 saturated carbocycles. The van der Waals surface area contributed by atoms with Crippen LogP contribution in [0.15, 0.2) is 28.8 Å². The fourth-order valence-corrected chi connectivity index (χ4v) is 1.56. The smallest absolute Gasteiger partial charge is 0.316 e. The number of rotatable bonds is 5. The van der Waals surface area contributed by atoms with Gasteiger partial charge in [-0.15, -0.1) is 0 Å². The first-order chi connectivity index (χ1) is 9.20. The fourth-order valence-electron chi connectivity index (χ4n) is 1.56. The second-order valence-electron chi connectivity index (χ2n) is 4.04. The first-order valence-corrected chi connectivity index (χ1v) is 5.88. The maximum absolute atomic E-state index is 11.7. The molecule has 2 rings (SSSR count). The van der Waals surface area contributed by atoms with Crippen molar-refractivity contribution in [2.45, 2.75) is 6.92 Å². The molecular weight excluding hydrogens is 246 g/mol.